The number of thiophene rings is 1. The zero-order valence-corrected chi connectivity index (χ0v) is 14.3. The molecule has 1 aliphatic rings. The van der Waals surface area contributed by atoms with Gasteiger partial charge in [-0.2, -0.15) is 11.3 Å². The van der Waals surface area contributed by atoms with Crippen molar-refractivity contribution in [2.75, 3.05) is 25.5 Å². The molecule has 0 aromatic carbocycles. The molecule has 3 heterocycles. The minimum Gasteiger partial charge on any atom is -0.362 e. The molecular formula is C17H22N4OS. The van der Waals surface area contributed by atoms with Crippen molar-refractivity contribution in [2.24, 2.45) is 0 Å². The van der Waals surface area contributed by atoms with Crippen LogP contribution in [0.2, 0.25) is 0 Å². The summed E-state index contributed by atoms with van der Waals surface area (Å²) in [7, 11) is 3.92. The Labute approximate surface area is 140 Å². The van der Waals surface area contributed by atoms with E-state index in [2.05, 4.69) is 27.1 Å². The zero-order chi connectivity index (χ0) is 16.2. The fraction of sp³-hybridized carbons (Fsp3) is 0.412. The molecule has 1 saturated heterocycles. The van der Waals surface area contributed by atoms with E-state index in [1.54, 1.807) is 17.5 Å². The maximum atomic E-state index is 12.6. The number of anilines is 1. The Morgan fingerprint density at radius 2 is 2.35 bits per heavy atom. The Bertz CT molecular complexity index is 656. The molecule has 0 saturated carbocycles. The van der Waals surface area contributed by atoms with Gasteiger partial charge in [0, 0.05) is 38.9 Å². The summed E-state index contributed by atoms with van der Waals surface area (Å²) in [6.45, 7) is 1.31. The van der Waals surface area contributed by atoms with Crippen molar-refractivity contribution in [3.8, 4) is 0 Å². The highest BCUT2D eigenvalue weighted by Gasteiger charge is 2.30. The van der Waals surface area contributed by atoms with Crippen molar-refractivity contribution < 1.29 is 4.79 Å². The SMILES string of the molecule is CN(C)c1ncccc1CNC(=O)N1CCCC1c1ccsc1. The predicted octanol–water partition coefficient (Wildman–Crippen LogP) is 3.26. The molecule has 2 aromatic rings. The number of carbonyl (C=O) groups is 1. The molecule has 2 aromatic heterocycles. The van der Waals surface area contributed by atoms with E-state index in [1.807, 2.05) is 36.0 Å². The van der Waals surface area contributed by atoms with Gasteiger partial charge >= 0.3 is 6.03 Å². The summed E-state index contributed by atoms with van der Waals surface area (Å²) in [5.74, 6) is 0.892. The van der Waals surface area contributed by atoms with E-state index in [9.17, 15) is 4.79 Å². The van der Waals surface area contributed by atoms with Crippen LogP contribution in [0.5, 0.6) is 0 Å². The number of amides is 2. The van der Waals surface area contributed by atoms with E-state index in [4.69, 9.17) is 0 Å². The van der Waals surface area contributed by atoms with Gasteiger partial charge in [-0.15, -0.1) is 0 Å². The molecule has 3 rings (SSSR count). The van der Waals surface area contributed by atoms with Crippen molar-refractivity contribution in [3.63, 3.8) is 0 Å². The van der Waals surface area contributed by atoms with Crippen molar-refractivity contribution in [1.82, 2.24) is 15.2 Å². The maximum Gasteiger partial charge on any atom is 0.318 e. The molecular weight excluding hydrogens is 308 g/mol. The molecule has 0 aliphatic carbocycles. The number of rotatable bonds is 4. The number of nitrogens with one attached hydrogen (secondary N) is 1. The molecule has 1 N–H and O–H groups in total. The first-order valence-electron chi connectivity index (χ1n) is 7.84. The summed E-state index contributed by atoms with van der Waals surface area (Å²) in [6, 6.07) is 6.24. The van der Waals surface area contributed by atoms with Gasteiger partial charge < -0.3 is 15.1 Å². The van der Waals surface area contributed by atoms with Gasteiger partial charge in [0.2, 0.25) is 0 Å². The monoisotopic (exact) mass is 330 g/mol. The highest BCUT2D eigenvalue weighted by atomic mass is 32.1. The number of likely N-dealkylation sites (tertiary alicyclic amines) is 1. The highest BCUT2D eigenvalue weighted by Crippen LogP contribution is 2.33. The van der Waals surface area contributed by atoms with Crippen LogP contribution < -0.4 is 10.2 Å². The maximum absolute atomic E-state index is 12.6. The smallest absolute Gasteiger partial charge is 0.318 e. The van der Waals surface area contributed by atoms with Crippen LogP contribution in [0.25, 0.3) is 0 Å². The minimum atomic E-state index is 0.00672. The fourth-order valence-corrected chi connectivity index (χ4v) is 3.77. The number of nitrogens with zero attached hydrogens (tertiary/aromatic N) is 3. The summed E-state index contributed by atoms with van der Waals surface area (Å²) in [5.41, 5.74) is 2.27. The third kappa shape index (κ3) is 3.47. The molecule has 2 amide bonds. The molecule has 0 bridgehead atoms. The summed E-state index contributed by atoms with van der Waals surface area (Å²) in [6.07, 6.45) is 3.87. The average molecular weight is 330 g/mol. The summed E-state index contributed by atoms with van der Waals surface area (Å²) in [4.78, 5) is 20.9. The number of hydrogen-bond acceptors (Lipinski definition) is 4. The van der Waals surface area contributed by atoms with Crippen LogP contribution in [0.15, 0.2) is 35.2 Å². The quantitative estimate of drug-likeness (QED) is 0.936. The van der Waals surface area contributed by atoms with E-state index < -0.39 is 0 Å². The van der Waals surface area contributed by atoms with Gasteiger partial charge in [0.05, 0.1) is 6.04 Å². The highest BCUT2D eigenvalue weighted by molar-refractivity contribution is 7.07. The van der Waals surface area contributed by atoms with Gasteiger partial charge in [0.1, 0.15) is 5.82 Å². The lowest BCUT2D eigenvalue weighted by Gasteiger charge is -2.25. The second kappa shape index (κ2) is 7.00. The molecule has 0 spiro atoms. The van der Waals surface area contributed by atoms with Crippen LogP contribution >= 0.6 is 11.3 Å². The molecule has 1 atom stereocenters. The molecule has 0 radical (unpaired) electrons. The number of pyridine rings is 1. The van der Waals surface area contributed by atoms with E-state index in [-0.39, 0.29) is 12.1 Å². The molecule has 122 valence electrons. The molecule has 5 nitrogen and oxygen atoms in total. The van der Waals surface area contributed by atoms with Crippen LogP contribution in [0.3, 0.4) is 0 Å². The third-order valence-corrected chi connectivity index (χ3v) is 4.86. The number of hydrogen-bond donors (Lipinski definition) is 1. The van der Waals surface area contributed by atoms with Gasteiger partial charge in [-0.1, -0.05) is 6.07 Å². The minimum absolute atomic E-state index is 0.00672. The van der Waals surface area contributed by atoms with Crippen LogP contribution in [0.4, 0.5) is 10.6 Å². The number of urea groups is 1. The van der Waals surface area contributed by atoms with Gasteiger partial charge in [-0.3, -0.25) is 0 Å². The topological polar surface area (TPSA) is 48.5 Å². The first-order valence-corrected chi connectivity index (χ1v) is 8.79. The van der Waals surface area contributed by atoms with Crippen molar-refractivity contribution in [2.45, 2.75) is 25.4 Å². The summed E-state index contributed by atoms with van der Waals surface area (Å²) in [5, 5.41) is 7.26. The Balaban J connectivity index is 1.66. The number of aromatic nitrogens is 1. The van der Waals surface area contributed by atoms with E-state index in [0.29, 0.717) is 6.54 Å². The zero-order valence-electron chi connectivity index (χ0n) is 13.5. The lowest BCUT2D eigenvalue weighted by atomic mass is 10.1. The standard InChI is InChI=1S/C17H22N4OS/c1-20(2)16-13(5-3-8-18-16)11-19-17(22)21-9-4-6-15(21)14-7-10-23-12-14/h3,5,7-8,10,12,15H,4,6,9,11H2,1-2H3,(H,19,22). The predicted molar refractivity (Wildman–Crippen MR) is 93.8 cm³/mol. The Kier molecular flexibility index (Phi) is 4.81. The largest absolute Gasteiger partial charge is 0.362 e. The Morgan fingerprint density at radius 1 is 1.48 bits per heavy atom. The molecule has 1 fully saturated rings. The van der Waals surface area contributed by atoms with Crippen LogP contribution in [-0.2, 0) is 6.54 Å². The molecule has 1 aliphatic heterocycles. The van der Waals surface area contributed by atoms with Gasteiger partial charge in [-0.05, 0) is 41.3 Å². The van der Waals surface area contributed by atoms with Gasteiger partial charge in [0.25, 0.3) is 0 Å². The average Bonchev–Trinajstić information content (AvgIpc) is 3.23. The van der Waals surface area contributed by atoms with E-state index >= 15 is 0 Å². The fourth-order valence-electron chi connectivity index (χ4n) is 3.06. The van der Waals surface area contributed by atoms with Crippen molar-refractivity contribution in [3.05, 3.63) is 46.3 Å². The lowest BCUT2D eigenvalue weighted by molar-refractivity contribution is 0.192. The summed E-state index contributed by atoms with van der Waals surface area (Å²) >= 11 is 1.68. The lowest BCUT2D eigenvalue weighted by Crippen LogP contribution is -2.39. The second-order valence-electron chi connectivity index (χ2n) is 5.95. The van der Waals surface area contributed by atoms with Crippen LogP contribution in [0.1, 0.15) is 30.0 Å². The van der Waals surface area contributed by atoms with Crippen molar-refractivity contribution in [1.29, 1.82) is 0 Å². The Morgan fingerprint density at radius 3 is 3.09 bits per heavy atom. The molecule has 1 unspecified atom stereocenters. The van der Waals surface area contributed by atoms with Gasteiger partial charge in [0.15, 0.2) is 0 Å². The van der Waals surface area contributed by atoms with E-state index in [1.165, 1.54) is 5.56 Å². The first-order chi connectivity index (χ1) is 11.2. The molecule has 23 heavy (non-hydrogen) atoms. The normalized spacial score (nSPS) is 17.3. The second-order valence-corrected chi connectivity index (χ2v) is 6.73. The van der Waals surface area contributed by atoms with E-state index in [0.717, 1.165) is 30.8 Å². The van der Waals surface area contributed by atoms with Crippen LogP contribution in [-0.4, -0.2) is 36.6 Å². The third-order valence-electron chi connectivity index (χ3n) is 4.16. The molecule has 6 heteroatoms. The summed E-state index contributed by atoms with van der Waals surface area (Å²) < 4.78 is 0. The number of carbonyl (C=O) groups excluding carboxylic acids is 1. The first kappa shape index (κ1) is 15.8. The Hall–Kier alpha value is -2.08. The van der Waals surface area contributed by atoms with Crippen LogP contribution in [0, 0.1) is 0 Å². The van der Waals surface area contributed by atoms with Gasteiger partial charge in [-0.25, -0.2) is 9.78 Å². The van der Waals surface area contributed by atoms with Crippen molar-refractivity contribution >= 4 is 23.2 Å².